The minimum atomic E-state index is -4.62. The van der Waals surface area contributed by atoms with Gasteiger partial charge < -0.3 is 10.1 Å². The molecule has 0 spiro atoms. The van der Waals surface area contributed by atoms with Crippen LogP contribution in [0, 0.1) is 5.82 Å². The van der Waals surface area contributed by atoms with Crippen molar-refractivity contribution in [3.63, 3.8) is 0 Å². The van der Waals surface area contributed by atoms with Crippen molar-refractivity contribution < 1.29 is 31.9 Å². The van der Waals surface area contributed by atoms with Crippen molar-refractivity contribution in [3.8, 4) is 0 Å². The molecule has 0 atom stereocenters. The molecule has 3 rings (SSSR count). The number of benzene rings is 1. The van der Waals surface area contributed by atoms with Crippen LogP contribution in [-0.4, -0.2) is 23.5 Å². The van der Waals surface area contributed by atoms with Crippen LogP contribution < -0.4 is 5.32 Å². The van der Waals surface area contributed by atoms with Gasteiger partial charge in [0.15, 0.2) is 12.4 Å². The molecule has 0 radical (unpaired) electrons. The summed E-state index contributed by atoms with van der Waals surface area (Å²) in [5, 5.41) is 1.80. The molecule has 0 unspecified atom stereocenters. The van der Waals surface area contributed by atoms with Crippen molar-refractivity contribution in [2.45, 2.75) is 30.9 Å². The van der Waals surface area contributed by atoms with E-state index in [1.54, 1.807) is 0 Å². The van der Waals surface area contributed by atoms with Crippen LogP contribution in [0.15, 0.2) is 36.5 Å². The maximum atomic E-state index is 13.1. The summed E-state index contributed by atoms with van der Waals surface area (Å²) in [6.45, 7) is -0.666. The van der Waals surface area contributed by atoms with E-state index in [9.17, 15) is 27.2 Å². The minimum Gasteiger partial charge on any atom is -0.455 e. The van der Waals surface area contributed by atoms with Crippen molar-refractivity contribution in [2.75, 3.05) is 11.9 Å². The first-order chi connectivity index (χ1) is 13.6. The van der Waals surface area contributed by atoms with Gasteiger partial charge in [-0.1, -0.05) is 30.2 Å². The lowest BCUT2D eigenvalue weighted by Crippen LogP contribution is -2.44. The molecule has 1 heterocycles. The Morgan fingerprint density at radius 2 is 1.86 bits per heavy atom. The van der Waals surface area contributed by atoms with Gasteiger partial charge in [0.25, 0.3) is 5.91 Å². The highest BCUT2D eigenvalue weighted by molar-refractivity contribution is 6.33. The molecule has 1 aromatic carbocycles. The van der Waals surface area contributed by atoms with Crippen molar-refractivity contribution in [1.29, 1.82) is 0 Å². The highest BCUT2D eigenvalue weighted by Gasteiger charge is 2.47. The molecule has 29 heavy (non-hydrogen) atoms. The highest BCUT2D eigenvalue weighted by atomic mass is 35.5. The monoisotopic (exact) mass is 430 g/mol. The zero-order chi connectivity index (χ0) is 21.2. The van der Waals surface area contributed by atoms with E-state index in [0.29, 0.717) is 30.7 Å². The topological polar surface area (TPSA) is 68.3 Å². The maximum absolute atomic E-state index is 13.1. The SMILES string of the molecule is O=C(COC(=O)C1(c2ccc(F)cc2)CCC1)Nc1ncc(C(F)(F)F)cc1Cl. The second kappa shape index (κ2) is 7.98. The Labute approximate surface area is 168 Å². The maximum Gasteiger partial charge on any atom is 0.417 e. The molecular formula is C19H15ClF4N2O3. The number of carbonyl (C=O) groups excluding carboxylic acids is 2. The van der Waals surface area contributed by atoms with Gasteiger partial charge in [0, 0.05) is 6.20 Å². The van der Waals surface area contributed by atoms with E-state index >= 15 is 0 Å². The molecule has 1 amide bonds. The van der Waals surface area contributed by atoms with Gasteiger partial charge >= 0.3 is 12.1 Å². The number of nitrogens with one attached hydrogen (secondary N) is 1. The molecular weight excluding hydrogens is 416 g/mol. The van der Waals surface area contributed by atoms with E-state index in [1.807, 2.05) is 0 Å². The summed E-state index contributed by atoms with van der Waals surface area (Å²) >= 11 is 5.72. The predicted molar refractivity (Wildman–Crippen MR) is 95.8 cm³/mol. The van der Waals surface area contributed by atoms with E-state index in [1.165, 1.54) is 24.3 Å². The number of ether oxygens (including phenoxy) is 1. The summed E-state index contributed by atoms with van der Waals surface area (Å²) in [4.78, 5) is 28.0. The van der Waals surface area contributed by atoms with Gasteiger partial charge in [0.1, 0.15) is 5.82 Å². The molecule has 1 saturated carbocycles. The van der Waals surface area contributed by atoms with E-state index in [0.717, 1.165) is 6.42 Å². The van der Waals surface area contributed by atoms with Crippen molar-refractivity contribution in [3.05, 3.63) is 58.5 Å². The van der Waals surface area contributed by atoms with Crippen LogP contribution in [0.3, 0.4) is 0 Å². The van der Waals surface area contributed by atoms with Gasteiger partial charge in [-0.3, -0.25) is 9.59 Å². The Morgan fingerprint density at radius 3 is 2.38 bits per heavy atom. The Bertz CT molecular complexity index is 928. The number of hydrogen-bond donors (Lipinski definition) is 1. The minimum absolute atomic E-state index is 0.280. The van der Waals surface area contributed by atoms with Crippen LogP contribution in [0.1, 0.15) is 30.4 Å². The zero-order valence-electron chi connectivity index (χ0n) is 14.9. The van der Waals surface area contributed by atoms with Crippen LogP contribution >= 0.6 is 11.6 Å². The molecule has 154 valence electrons. The molecule has 2 aromatic rings. The third-order valence-electron chi connectivity index (χ3n) is 4.76. The Morgan fingerprint density at radius 1 is 1.21 bits per heavy atom. The van der Waals surface area contributed by atoms with Crippen molar-refractivity contribution in [1.82, 2.24) is 4.98 Å². The molecule has 0 bridgehead atoms. The van der Waals surface area contributed by atoms with Gasteiger partial charge in [-0.2, -0.15) is 13.2 Å². The number of aromatic nitrogens is 1. The summed E-state index contributed by atoms with van der Waals surface area (Å²) in [6, 6.07) is 6.12. The summed E-state index contributed by atoms with van der Waals surface area (Å²) < 4.78 is 56.1. The Kier molecular flexibility index (Phi) is 5.79. The van der Waals surface area contributed by atoms with Crippen LogP contribution in [0.2, 0.25) is 5.02 Å². The number of rotatable bonds is 5. The van der Waals surface area contributed by atoms with E-state index in [-0.39, 0.29) is 5.82 Å². The molecule has 10 heteroatoms. The second-order valence-corrected chi connectivity index (χ2v) is 7.03. The average molecular weight is 431 g/mol. The average Bonchev–Trinajstić information content (AvgIpc) is 2.61. The molecule has 1 N–H and O–H groups in total. The Hall–Kier alpha value is -2.68. The highest BCUT2D eigenvalue weighted by Crippen LogP contribution is 2.44. The molecule has 1 aromatic heterocycles. The van der Waals surface area contributed by atoms with Gasteiger partial charge in [-0.15, -0.1) is 0 Å². The molecule has 1 aliphatic rings. The molecule has 1 aliphatic carbocycles. The first-order valence-corrected chi connectivity index (χ1v) is 8.95. The third kappa shape index (κ3) is 4.50. The largest absolute Gasteiger partial charge is 0.455 e. The summed E-state index contributed by atoms with van der Waals surface area (Å²) in [5.41, 5.74) is -1.39. The third-order valence-corrected chi connectivity index (χ3v) is 5.04. The Balaban J connectivity index is 1.62. The quantitative estimate of drug-likeness (QED) is 0.560. The fourth-order valence-electron chi connectivity index (χ4n) is 3.03. The number of halogens is 5. The number of pyridine rings is 1. The number of amides is 1. The number of carbonyl (C=O) groups is 2. The summed E-state index contributed by atoms with van der Waals surface area (Å²) in [5.74, 6) is -2.15. The van der Waals surface area contributed by atoms with Gasteiger partial charge in [0.2, 0.25) is 0 Å². The number of anilines is 1. The van der Waals surface area contributed by atoms with Gasteiger partial charge in [0.05, 0.1) is 16.0 Å². The first kappa shape index (κ1) is 21.0. The summed E-state index contributed by atoms with van der Waals surface area (Å²) in [7, 11) is 0. The van der Waals surface area contributed by atoms with E-state index < -0.39 is 46.5 Å². The lowest BCUT2D eigenvalue weighted by molar-refractivity contribution is -0.156. The number of nitrogens with zero attached hydrogens (tertiary/aromatic N) is 1. The van der Waals surface area contributed by atoms with Gasteiger partial charge in [-0.25, -0.2) is 9.37 Å². The second-order valence-electron chi connectivity index (χ2n) is 6.62. The van der Waals surface area contributed by atoms with Crippen LogP contribution in [0.4, 0.5) is 23.4 Å². The van der Waals surface area contributed by atoms with Gasteiger partial charge in [-0.05, 0) is 36.6 Å². The number of hydrogen-bond acceptors (Lipinski definition) is 4. The van der Waals surface area contributed by atoms with Crippen LogP contribution in [0.25, 0.3) is 0 Å². The molecule has 0 saturated heterocycles. The number of esters is 1. The zero-order valence-corrected chi connectivity index (χ0v) is 15.6. The fraction of sp³-hybridized carbons (Fsp3) is 0.316. The lowest BCUT2D eigenvalue weighted by atomic mass is 9.64. The lowest BCUT2D eigenvalue weighted by Gasteiger charge is -2.39. The van der Waals surface area contributed by atoms with Crippen molar-refractivity contribution >= 4 is 29.3 Å². The van der Waals surface area contributed by atoms with Crippen LogP contribution in [-0.2, 0) is 25.9 Å². The summed E-state index contributed by atoms with van der Waals surface area (Å²) in [6.07, 6.45) is -2.29. The van der Waals surface area contributed by atoms with E-state index in [2.05, 4.69) is 10.3 Å². The standard InChI is InChI=1S/C19H15ClF4N2O3/c20-14-8-12(19(22,23)24)9-25-16(14)26-15(27)10-29-17(28)18(6-1-7-18)11-2-4-13(21)5-3-11/h2-5,8-9H,1,6-7,10H2,(H,25,26,27). The van der Waals surface area contributed by atoms with Crippen molar-refractivity contribution in [2.24, 2.45) is 0 Å². The van der Waals surface area contributed by atoms with Crippen LogP contribution in [0.5, 0.6) is 0 Å². The predicted octanol–water partition coefficient (Wildman–Crippen LogP) is 4.50. The van der Waals surface area contributed by atoms with E-state index in [4.69, 9.17) is 16.3 Å². The number of alkyl halides is 3. The molecule has 5 nitrogen and oxygen atoms in total. The molecule has 1 fully saturated rings. The first-order valence-electron chi connectivity index (χ1n) is 8.58. The fourth-order valence-corrected chi connectivity index (χ4v) is 3.25. The molecule has 0 aliphatic heterocycles. The smallest absolute Gasteiger partial charge is 0.417 e. The normalized spacial score (nSPS) is 15.3.